The molecule has 0 fully saturated rings. The number of rotatable bonds is 7. The molecule has 0 saturated carbocycles. The maximum Gasteiger partial charge on any atom is 0.0921 e. The third-order valence-electron chi connectivity index (χ3n) is 3.87. The fraction of sp³-hybridized carbons (Fsp3) is 0.529. The van der Waals surface area contributed by atoms with E-state index in [2.05, 4.69) is 42.0 Å². The van der Waals surface area contributed by atoms with Crippen molar-refractivity contribution < 1.29 is 0 Å². The molecule has 1 aromatic heterocycles. The van der Waals surface area contributed by atoms with Crippen LogP contribution in [0.1, 0.15) is 63.9 Å². The van der Waals surface area contributed by atoms with Crippen molar-refractivity contribution in [3.63, 3.8) is 0 Å². The average molecular weight is 256 g/mol. The summed E-state index contributed by atoms with van der Waals surface area (Å²) in [5.41, 5.74) is 3.49. The van der Waals surface area contributed by atoms with Crippen LogP contribution in [-0.2, 0) is 0 Å². The molecule has 0 spiro atoms. The zero-order valence-corrected chi connectivity index (χ0v) is 12.1. The van der Waals surface area contributed by atoms with Gasteiger partial charge in [0.15, 0.2) is 0 Å². The minimum absolute atomic E-state index is 0.622. The molecule has 1 atom stereocenters. The smallest absolute Gasteiger partial charge is 0.0921 e. The Bertz CT molecular complexity index is 502. The van der Waals surface area contributed by atoms with Crippen LogP contribution in [0, 0.1) is 0 Å². The Labute approximate surface area is 116 Å². The lowest BCUT2D eigenvalue weighted by Gasteiger charge is -2.16. The summed E-state index contributed by atoms with van der Waals surface area (Å²) < 4.78 is 0. The van der Waals surface area contributed by atoms with Crippen molar-refractivity contribution in [3.8, 4) is 0 Å². The van der Waals surface area contributed by atoms with Crippen molar-refractivity contribution in [1.29, 1.82) is 0 Å². The van der Waals surface area contributed by atoms with Gasteiger partial charge in [0.2, 0.25) is 0 Å². The summed E-state index contributed by atoms with van der Waals surface area (Å²) in [5.74, 6) is 0.622. The van der Waals surface area contributed by atoms with Gasteiger partial charge in [0.1, 0.15) is 0 Å². The quantitative estimate of drug-likeness (QED) is 0.644. The molecule has 1 aromatic carbocycles. The normalized spacial score (nSPS) is 12.7. The van der Waals surface area contributed by atoms with Crippen molar-refractivity contribution in [2.45, 2.75) is 58.3 Å². The van der Waals surface area contributed by atoms with Gasteiger partial charge >= 0.3 is 0 Å². The molecule has 2 heteroatoms. The summed E-state index contributed by atoms with van der Waals surface area (Å²) in [6.07, 6.45) is 11.4. The highest BCUT2D eigenvalue weighted by Crippen LogP contribution is 2.30. The van der Waals surface area contributed by atoms with Gasteiger partial charge in [-0.15, -0.1) is 0 Å². The van der Waals surface area contributed by atoms with Gasteiger partial charge in [-0.25, -0.2) is 0 Å². The maximum absolute atomic E-state index is 4.53. The lowest BCUT2D eigenvalue weighted by Crippen LogP contribution is -2.00. The van der Waals surface area contributed by atoms with Crippen LogP contribution in [0.5, 0.6) is 0 Å². The van der Waals surface area contributed by atoms with Gasteiger partial charge in [0.25, 0.3) is 0 Å². The van der Waals surface area contributed by atoms with Crippen LogP contribution in [0.4, 0.5) is 0 Å². The first kappa shape index (κ1) is 14.0. The molecule has 102 valence electrons. The highest BCUT2D eigenvalue weighted by molar-refractivity contribution is 5.78. The van der Waals surface area contributed by atoms with E-state index in [0.717, 1.165) is 11.0 Å². The summed E-state index contributed by atoms with van der Waals surface area (Å²) in [4.78, 5) is 8.94. The number of hydrogen-bond acceptors (Lipinski definition) is 2. The van der Waals surface area contributed by atoms with E-state index in [-0.39, 0.29) is 0 Å². The van der Waals surface area contributed by atoms with Crippen LogP contribution in [0.25, 0.3) is 11.0 Å². The van der Waals surface area contributed by atoms with Crippen molar-refractivity contribution >= 4 is 11.0 Å². The number of para-hydroxylation sites is 1. The molecular formula is C17H24N2. The summed E-state index contributed by atoms with van der Waals surface area (Å²) in [5, 5.41) is 0. The first-order valence-corrected chi connectivity index (χ1v) is 7.56. The fourth-order valence-corrected chi connectivity index (χ4v) is 2.74. The Kier molecular flexibility index (Phi) is 5.31. The van der Waals surface area contributed by atoms with E-state index in [4.69, 9.17) is 0 Å². The summed E-state index contributed by atoms with van der Waals surface area (Å²) in [6.45, 7) is 4.54. The third-order valence-corrected chi connectivity index (χ3v) is 3.87. The predicted octanol–water partition coefficient (Wildman–Crippen LogP) is 5.09. The molecule has 0 amide bonds. The maximum atomic E-state index is 4.53. The molecule has 0 N–H and O–H groups in total. The Balaban J connectivity index is 2.16. The van der Waals surface area contributed by atoms with Crippen molar-refractivity contribution in [2.75, 3.05) is 0 Å². The van der Waals surface area contributed by atoms with E-state index in [0.29, 0.717) is 5.92 Å². The second kappa shape index (κ2) is 7.22. The van der Waals surface area contributed by atoms with Crippen LogP contribution in [0.3, 0.4) is 0 Å². The van der Waals surface area contributed by atoms with Gasteiger partial charge in [-0.1, -0.05) is 51.7 Å². The first-order valence-electron chi connectivity index (χ1n) is 7.56. The van der Waals surface area contributed by atoms with Gasteiger partial charge in [0.05, 0.1) is 11.0 Å². The van der Waals surface area contributed by atoms with Crippen LogP contribution in [0.2, 0.25) is 0 Å². The molecule has 2 aromatic rings. The summed E-state index contributed by atoms with van der Waals surface area (Å²) in [7, 11) is 0. The second-order valence-electron chi connectivity index (χ2n) is 5.23. The lowest BCUT2D eigenvalue weighted by atomic mass is 9.90. The van der Waals surface area contributed by atoms with E-state index >= 15 is 0 Å². The molecule has 2 nitrogen and oxygen atoms in total. The Hall–Kier alpha value is -1.44. The van der Waals surface area contributed by atoms with E-state index in [1.165, 1.54) is 44.1 Å². The number of benzene rings is 1. The minimum atomic E-state index is 0.622. The molecule has 1 unspecified atom stereocenters. The van der Waals surface area contributed by atoms with Crippen LogP contribution in [0.15, 0.2) is 30.6 Å². The lowest BCUT2D eigenvalue weighted by molar-refractivity contribution is 0.544. The monoisotopic (exact) mass is 256 g/mol. The number of nitrogens with zero attached hydrogens (tertiary/aromatic N) is 2. The molecule has 0 saturated heterocycles. The fourth-order valence-electron chi connectivity index (χ4n) is 2.74. The molecule has 0 aliphatic carbocycles. The molecule has 2 rings (SSSR count). The number of unbranched alkanes of at least 4 members (excludes halogenated alkanes) is 3. The number of aromatic nitrogens is 2. The molecule has 0 radical (unpaired) electrons. The van der Waals surface area contributed by atoms with Crippen molar-refractivity contribution in [3.05, 3.63) is 36.2 Å². The van der Waals surface area contributed by atoms with E-state index in [9.17, 15) is 0 Å². The van der Waals surface area contributed by atoms with Crippen LogP contribution >= 0.6 is 0 Å². The predicted molar refractivity (Wildman–Crippen MR) is 81.3 cm³/mol. The third kappa shape index (κ3) is 3.52. The molecule has 0 bridgehead atoms. The zero-order valence-electron chi connectivity index (χ0n) is 12.1. The number of fused-ring (bicyclic) bond motifs is 1. The average Bonchev–Trinajstić information content (AvgIpc) is 2.47. The van der Waals surface area contributed by atoms with Gasteiger partial charge in [-0.2, -0.15) is 0 Å². The SMILES string of the molecule is CCCCCCC(CC)c1cccc2nccnc12. The highest BCUT2D eigenvalue weighted by atomic mass is 14.8. The standard InChI is InChI=1S/C17H24N2/c1-3-5-6-7-9-14(4-2)15-10-8-11-16-17(15)19-13-12-18-16/h8,10-14H,3-7,9H2,1-2H3. The van der Waals surface area contributed by atoms with Gasteiger partial charge in [-0.3, -0.25) is 9.97 Å². The van der Waals surface area contributed by atoms with Crippen molar-refractivity contribution in [1.82, 2.24) is 9.97 Å². The zero-order chi connectivity index (χ0) is 13.5. The van der Waals surface area contributed by atoms with Gasteiger partial charge in [0, 0.05) is 12.4 Å². The van der Waals surface area contributed by atoms with Gasteiger partial charge < -0.3 is 0 Å². The van der Waals surface area contributed by atoms with Crippen LogP contribution in [-0.4, -0.2) is 9.97 Å². The minimum Gasteiger partial charge on any atom is -0.253 e. The van der Waals surface area contributed by atoms with E-state index in [1.807, 2.05) is 0 Å². The molecule has 1 heterocycles. The Morgan fingerprint density at radius 1 is 1.00 bits per heavy atom. The van der Waals surface area contributed by atoms with Gasteiger partial charge in [-0.05, 0) is 30.4 Å². The Morgan fingerprint density at radius 2 is 1.84 bits per heavy atom. The number of hydrogen-bond donors (Lipinski definition) is 0. The largest absolute Gasteiger partial charge is 0.253 e. The van der Waals surface area contributed by atoms with Crippen LogP contribution < -0.4 is 0 Å². The summed E-state index contributed by atoms with van der Waals surface area (Å²) in [6, 6.07) is 6.39. The van der Waals surface area contributed by atoms with E-state index < -0.39 is 0 Å². The first-order chi connectivity index (χ1) is 9.36. The molecule has 0 aliphatic rings. The highest BCUT2D eigenvalue weighted by Gasteiger charge is 2.13. The second-order valence-corrected chi connectivity index (χ2v) is 5.23. The molecule has 19 heavy (non-hydrogen) atoms. The topological polar surface area (TPSA) is 25.8 Å². The van der Waals surface area contributed by atoms with E-state index in [1.54, 1.807) is 12.4 Å². The van der Waals surface area contributed by atoms with Crippen molar-refractivity contribution in [2.24, 2.45) is 0 Å². The molecule has 0 aliphatic heterocycles. The molecular weight excluding hydrogens is 232 g/mol. The summed E-state index contributed by atoms with van der Waals surface area (Å²) >= 11 is 0. The Morgan fingerprint density at radius 3 is 2.63 bits per heavy atom.